The highest BCUT2D eigenvalue weighted by Crippen LogP contribution is 2.32. The Balaban J connectivity index is 0.000000686. The van der Waals surface area contributed by atoms with Crippen molar-refractivity contribution in [1.29, 1.82) is 0 Å². The average molecular weight is 229 g/mol. The smallest absolute Gasteiger partial charge is 0.150 e. The summed E-state index contributed by atoms with van der Waals surface area (Å²) in [5, 5.41) is 3.30. The van der Waals surface area contributed by atoms with Crippen LogP contribution >= 0.6 is 0 Å². The zero-order chi connectivity index (χ0) is 12.7. The van der Waals surface area contributed by atoms with Gasteiger partial charge in [-0.2, -0.15) is 0 Å². The first kappa shape index (κ1) is 13.1. The lowest BCUT2D eigenvalue weighted by Gasteiger charge is -2.21. The first-order chi connectivity index (χ1) is 8.35. The third kappa shape index (κ3) is 3.00. The Labute approximate surface area is 103 Å². The van der Waals surface area contributed by atoms with Gasteiger partial charge in [0, 0.05) is 0 Å². The van der Waals surface area contributed by atoms with E-state index in [9.17, 15) is 0 Å². The van der Waals surface area contributed by atoms with Gasteiger partial charge in [-0.1, -0.05) is 38.6 Å². The highest BCUT2D eigenvalue weighted by Gasteiger charge is 2.14. The van der Waals surface area contributed by atoms with Gasteiger partial charge in [0.2, 0.25) is 0 Å². The van der Waals surface area contributed by atoms with Gasteiger partial charge in [0.1, 0.15) is 5.76 Å². The van der Waals surface area contributed by atoms with E-state index in [1.807, 2.05) is 57.2 Å². The molecule has 1 aromatic carbocycles. The summed E-state index contributed by atoms with van der Waals surface area (Å²) in [6, 6.07) is 7.83. The second-order valence-corrected chi connectivity index (χ2v) is 3.21. The van der Waals surface area contributed by atoms with Gasteiger partial charge in [-0.05, 0) is 31.2 Å². The minimum absolute atomic E-state index is 0.756. The number of benzene rings is 1. The van der Waals surface area contributed by atoms with Crippen LogP contribution in [0, 0.1) is 0 Å². The third-order valence-corrected chi connectivity index (χ3v) is 2.16. The lowest BCUT2D eigenvalue weighted by atomic mass is 10.2. The van der Waals surface area contributed by atoms with Gasteiger partial charge >= 0.3 is 0 Å². The number of anilines is 1. The number of ether oxygens (including phenoxy) is 1. The molecule has 1 aliphatic rings. The van der Waals surface area contributed by atoms with E-state index >= 15 is 0 Å². The molecule has 0 saturated heterocycles. The Morgan fingerprint density at radius 3 is 2.59 bits per heavy atom. The van der Waals surface area contributed by atoms with Crippen molar-refractivity contribution in [3.8, 4) is 5.75 Å². The summed E-state index contributed by atoms with van der Waals surface area (Å²) in [4.78, 5) is 0. The molecule has 0 atom stereocenters. The number of nitrogens with one attached hydrogen (secondary N) is 1. The first-order valence-electron chi connectivity index (χ1n) is 5.88. The zero-order valence-corrected chi connectivity index (χ0v) is 10.7. The zero-order valence-electron chi connectivity index (χ0n) is 10.7. The molecular formula is C15H19NO. The van der Waals surface area contributed by atoms with Crippen LogP contribution in [-0.2, 0) is 0 Å². The summed E-state index contributed by atoms with van der Waals surface area (Å²) >= 11 is 0. The van der Waals surface area contributed by atoms with E-state index in [0.29, 0.717) is 0 Å². The number of para-hydroxylation sites is 2. The molecule has 0 aliphatic carbocycles. The monoisotopic (exact) mass is 229 g/mol. The topological polar surface area (TPSA) is 21.3 Å². The number of allylic oxidation sites excluding steroid dienone is 3. The number of hydrogen-bond donors (Lipinski definition) is 1. The molecule has 1 aromatic rings. The van der Waals surface area contributed by atoms with Gasteiger partial charge in [-0.15, -0.1) is 0 Å². The largest absolute Gasteiger partial charge is 0.453 e. The van der Waals surface area contributed by atoms with Crippen molar-refractivity contribution in [2.24, 2.45) is 0 Å². The van der Waals surface area contributed by atoms with Crippen LogP contribution in [0.4, 0.5) is 5.69 Å². The number of rotatable bonds is 2. The minimum Gasteiger partial charge on any atom is -0.453 e. The van der Waals surface area contributed by atoms with Crippen molar-refractivity contribution in [3.05, 3.63) is 60.5 Å². The van der Waals surface area contributed by atoms with Crippen LogP contribution in [0.2, 0.25) is 0 Å². The molecule has 1 N–H and O–H groups in total. The van der Waals surface area contributed by atoms with E-state index in [1.54, 1.807) is 6.08 Å². The molecule has 0 unspecified atom stereocenters. The van der Waals surface area contributed by atoms with E-state index in [2.05, 4.69) is 11.9 Å². The molecular weight excluding hydrogens is 210 g/mol. The molecule has 0 spiro atoms. The average Bonchev–Trinajstić information content (AvgIpc) is 2.40. The lowest BCUT2D eigenvalue weighted by molar-refractivity contribution is 0.436. The van der Waals surface area contributed by atoms with Crippen LogP contribution in [0.25, 0.3) is 0 Å². The SMILES string of the molecule is C=CC1=C(/C=C\C)Nc2ccccc2O1.CC. The predicted molar refractivity (Wildman–Crippen MR) is 74.1 cm³/mol. The Morgan fingerprint density at radius 2 is 1.94 bits per heavy atom. The Kier molecular flexibility index (Phi) is 5.08. The van der Waals surface area contributed by atoms with Gasteiger partial charge in [-0.25, -0.2) is 0 Å². The van der Waals surface area contributed by atoms with Crippen LogP contribution in [0.15, 0.2) is 60.5 Å². The third-order valence-electron chi connectivity index (χ3n) is 2.16. The molecule has 0 radical (unpaired) electrons. The van der Waals surface area contributed by atoms with E-state index < -0.39 is 0 Å². The summed E-state index contributed by atoms with van der Waals surface area (Å²) in [5.74, 6) is 1.59. The molecule has 1 heterocycles. The molecule has 17 heavy (non-hydrogen) atoms. The Morgan fingerprint density at radius 1 is 1.24 bits per heavy atom. The quantitative estimate of drug-likeness (QED) is 0.806. The van der Waals surface area contributed by atoms with Gasteiger partial charge < -0.3 is 10.1 Å². The second-order valence-electron chi connectivity index (χ2n) is 3.21. The highest BCUT2D eigenvalue weighted by molar-refractivity contribution is 5.65. The van der Waals surface area contributed by atoms with Crippen LogP contribution in [0.1, 0.15) is 20.8 Å². The van der Waals surface area contributed by atoms with Crippen molar-refractivity contribution < 1.29 is 4.74 Å². The Hall–Kier alpha value is -1.96. The standard InChI is InChI=1S/C13H13NO.C2H6/c1-3-7-10-12(4-2)15-13-9-6-5-8-11(13)14-10;1-2/h3-9,14H,2H2,1H3;1-2H3/b7-3-;. The fourth-order valence-electron chi connectivity index (χ4n) is 1.48. The van der Waals surface area contributed by atoms with Crippen molar-refractivity contribution in [2.75, 3.05) is 5.32 Å². The fourth-order valence-corrected chi connectivity index (χ4v) is 1.48. The van der Waals surface area contributed by atoms with Crippen molar-refractivity contribution in [2.45, 2.75) is 20.8 Å². The maximum Gasteiger partial charge on any atom is 0.150 e. The van der Waals surface area contributed by atoms with E-state index in [4.69, 9.17) is 4.74 Å². The van der Waals surface area contributed by atoms with Crippen molar-refractivity contribution in [3.63, 3.8) is 0 Å². The van der Waals surface area contributed by atoms with Gasteiger partial charge in [0.05, 0.1) is 11.4 Å². The molecule has 2 heteroatoms. The van der Waals surface area contributed by atoms with E-state index in [-0.39, 0.29) is 0 Å². The molecule has 0 fully saturated rings. The molecule has 90 valence electrons. The van der Waals surface area contributed by atoms with Crippen LogP contribution in [-0.4, -0.2) is 0 Å². The maximum atomic E-state index is 5.69. The molecule has 0 saturated carbocycles. The molecule has 0 amide bonds. The van der Waals surface area contributed by atoms with Gasteiger partial charge in [0.15, 0.2) is 5.75 Å². The van der Waals surface area contributed by atoms with Gasteiger partial charge in [0.25, 0.3) is 0 Å². The summed E-state index contributed by atoms with van der Waals surface area (Å²) in [5.41, 5.74) is 1.92. The first-order valence-corrected chi connectivity index (χ1v) is 5.88. The molecule has 0 bridgehead atoms. The maximum absolute atomic E-state index is 5.69. The summed E-state index contributed by atoms with van der Waals surface area (Å²) < 4.78 is 5.69. The van der Waals surface area contributed by atoms with Crippen molar-refractivity contribution >= 4 is 5.69 Å². The number of hydrogen-bond acceptors (Lipinski definition) is 2. The lowest BCUT2D eigenvalue weighted by Crippen LogP contribution is -2.11. The summed E-state index contributed by atoms with van der Waals surface area (Å²) in [6.07, 6.45) is 5.63. The second kappa shape index (κ2) is 6.59. The van der Waals surface area contributed by atoms with Gasteiger partial charge in [-0.3, -0.25) is 0 Å². The highest BCUT2D eigenvalue weighted by atomic mass is 16.5. The summed E-state index contributed by atoms with van der Waals surface area (Å²) in [6.45, 7) is 9.70. The van der Waals surface area contributed by atoms with Crippen LogP contribution < -0.4 is 10.1 Å². The van der Waals surface area contributed by atoms with E-state index in [1.165, 1.54) is 0 Å². The van der Waals surface area contributed by atoms with Crippen LogP contribution in [0.3, 0.4) is 0 Å². The fraction of sp³-hybridized carbons (Fsp3) is 0.200. The van der Waals surface area contributed by atoms with Crippen molar-refractivity contribution in [1.82, 2.24) is 0 Å². The normalized spacial score (nSPS) is 13.1. The molecule has 2 rings (SSSR count). The molecule has 2 nitrogen and oxygen atoms in total. The molecule has 0 aromatic heterocycles. The minimum atomic E-state index is 0.756. The predicted octanol–water partition coefficient (Wildman–Crippen LogP) is 4.49. The molecule has 1 aliphatic heterocycles. The number of fused-ring (bicyclic) bond motifs is 1. The van der Waals surface area contributed by atoms with E-state index in [0.717, 1.165) is 22.9 Å². The van der Waals surface area contributed by atoms with Crippen LogP contribution in [0.5, 0.6) is 5.75 Å². The Bertz CT molecular complexity index is 444. The summed E-state index contributed by atoms with van der Waals surface area (Å²) in [7, 11) is 0.